The fourth-order valence-electron chi connectivity index (χ4n) is 2.30. The van der Waals surface area contributed by atoms with Gasteiger partial charge in [-0.3, -0.25) is 0 Å². The zero-order chi connectivity index (χ0) is 13.2. The van der Waals surface area contributed by atoms with E-state index in [9.17, 15) is 0 Å². The second kappa shape index (κ2) is 4.56. The molecular weight excluding hydrogens is 240 g/mol. The predicted molar refractivity (Wildman–Crippen MR) is 65.9 cm³/mol. The number of fused-ring (bicyclic) bond motifs is 1. The highest BCUT2D eigenvalue weighted by molar-refractivity contribution is 5.48. The molecule has 0 N–H and O–H groups in total. The van der Waals surface area contributed by atoms with Crippen LogP contribution in [-0.4, -0.2) is 16.2 Å². The summed E-state index contributed by atoms with van der Waals surface area (Å²) in [4.78, 5) is 4.12. The Morgan fingerprint density at radius 2 is 2.11 bits per heavy atom. The summed E-state index contributed by atoms with van der Waals surface area (Å²) in [6.07, 6.45) is 3.55. The number of ether oxygens (including phenoxy) is 1. The van der Waals surface area contributed by atoms with Gasteiger partial charge in [0.15, 0.2) is 0 Å². The molecule has 0 spiro atoms. The standard InChI is InChI=1S/C14H10N4O/c15-4-11-2-1-10(3-12(11)5-16)14-8-19-7-13-6-17-9-18(13)14/h1-3,6,9,14H,7-8H2. The molecule has 1 unspecified atom stereocenters. The second-order valence-corrected chi connectivity index (χ2v) is 4.35. The van der Waals surface area contributed by atoms with Crippen molar-refractivity contribution in [2.45, 2.75) is 12.6 Å². The third-order valence-electron chi connectivity index (χ3n) is 3.28. The zero-order valence-corrected chi connectivity index (χ0v) is 10.1. The smallest absolute Gasteiger partial charge is 0.101 e. The number of nitrogens with zero attached hydrogens (tertiary/aromatic N) is 4. The van der Waals surface area contributed by atoms with E-state index in [-0.39, 0.29) is 6.04 Å². The van der Waals surface area contributed by atoms with Crippen LogP contribution in [0.15, 0.2) is 30.7 Å². The Bertz CT molecular complexity index is 705. The van der Waals surface area contributed by atoms with Gasteiger partial charge in [0.25, 0.3) is 0 Å². The van der Waals surface area contributed by atoms with Crippen LogP contribution in [0.5, 0.6) is 0 Å². The van der Waals surface area contributed by atoms with E-state index in [2.05, 4.69) is 11.1 Å². The quantitative estimate of drug-likeness (QED) is 0.772. The molecular formula is C14H10N4O. The van der Waals surface area contributed by atoms with E-state index >= 15 is 0 Å². The average Bonchev–Trinajstić information content (AvgIpc) is 2.94. The molecule has 1 aliphatic rings. The Labute approximate surface area is 110 Å². The molecule has 0 saturated carbocycles. The van der Waals surface area contributed by atoms with Crippen molar-refractivity contribution in [2.75, 3.05) is 6.61 Å². The molecule has 0 amide bonds. The van der Waals surface area contributed by atoms with Crippen LogP contribution in [0.4, 0.5) is 0 Å². The molecule has 5 heteroatoms. The molecule has 3 rings (SSSR count). The molecule has 5 nitrogen and oxygen atoms in total. The lowest BCUT2D eigenvalue weighted by Crippen LogP contribution is -2.23. The van der Waals surface area contributed by atoms with Crippen LogP contribution in [0, 0.1) is 22.7 Å². The molecule has 2 aromatic rings. The first-order valence-corrected chi connectivity index (χ1v) is 5.86. The summed E-state index contributed by atoms with van der Waals surface area (Å²) in [6.45, 7) is 1.10. The van der Waals surface area contributed by atoms with Crippen LogP contribution in [0.3, 0.4) is 0 Å². The molecule has 1 aromatic carbocycles. The molecule has 0 saturated heterocycles. The van der Waals surface area contributed by atoms with Crippen molar-refractivity contribution in [1.29, 1.82) is 10.5 Å². The molecule has 0 bridgehead atoms. The third kappa shape index (κ3) is 1.87. The summed E-state index contributed by atoms with van der Waals surface area (Å²) in [5, 5.41) is 18.0. The lowest BCUT2D eigenvalue weighted by molar-refractivity contribution is 0.0695. The van der Waals surface area contributed by atoms with Gasteiger partial charge in [-0.2, -0.15) is 10.5 Å². The normalized spacial score (nSPS) is 17.3. The number of benzene rings is 1. The summed E-state index contributed by atoms with van der Waals surface area (Å²) in [5.41, 5.74) is 2.76. The fraction of sp³-hybridized carbons (Fsp3) is 0.214. The number of nitriles is 2. The summed E-state index contributed by atoms with van der Waals surface area (Å²) in [6, 6.07) is 9.37. The zero-order valence-electron chi connectivity index (χ0n) is 10.1. The minimum absolute atomic E-state index is 0.00564. The van der Waals surface area contributed by atoms with Crippen LogP contribution in [0.25, 0.3) is 0 Å². The number of rotatable bonds is 1. The highest BCUT2D eigenvalue weighted by atomic mass is 16.5. The minimum Gasteiger partial charge on any atom is -0.373 e. The topological polar surface area (TPSA) is 74.6 Å². The number of aromatic nitrogens is 2. The van der Waals surface area contributed by atoms with Crippen molar-refractivity contribution >= 4 is 0 Å². The first-order valence-electron chi connectivity index (χ1n) is 5.86. The van der Waals surface area contributed by atoms with Crippen LogP contribution in [-0.2, 0) is 11.3 Å². The first-order chi connectivity index (χ1) is 9.33. The van der Waals surface area contributed by atoms with E-state index in [1.54, 1.807) is 24.7 Å². The lowest BCUT2D eigenvalue weighted by Gasteiger charge is -2.26. The maximum absolute atomic E-state index is 9.08. The first kappa shape index (κ1) is 11.5. The van der Waals surface area contributed by atoms with Gasteiger partial charge >= 0.3 is 0 Å². The Kier molecular flexibility index (Phi) is 2.75. The van der Waals surface area contributed by atoms with Crippen molar-refractivity contribution in [3.8, 4) is 12.1 Å². The molecule has 1 atom stereocenters. The van der Waals surface area contributed by atoms with Crippen molar-refractivity contribution in [2.24, 2.45) is 0 Å². The van der Waals surface area contributed by atoms with Crippen molar-refractivity contribution < 1.29 is 4.74 Å². The molecule has 0 fully saturated rings. The summed E-state index contributed by atoms with van der Waals surface area (Å²) < 4.78 is 7.59. The monoisotopic (exact) mass is 250 g/mol. The van der Waals surface area contributed by atoms with Gasteiger partial charge in [-0.05, 0) is 17.7 Å². The molecule has 92 valence electrons. The van der Waals surface area contributed by atoms with Gasteiger partial charge in [-0.1, -0.05) is 6.07 Å². The minimum atomic E-state index is 0.00564. The maximum atomic E-state index is 9.08. The van der Waals surface area contributed by atoms with E-state index in [0.29, 0.717) is 24.3 Å². The van der Waals surface area contributed by atoms with Gasteiger partial charge in [0.05, 0.1) is 48.6 Å². The molecule has 1 aliphatic heterocycles. The summed E-state index contributed by atoms with van der Waals surface area (Å²) >= 11 is 0. The number of imidazole rings is 1. The number of hydrogen-bond acceptors (Lipinski definition) is 4. The maximum Gasteiger partial charge on any atom is 0.101 e. The van der Waals surface area contributed by atoms with E-state index in [0.717, 1.165) is 11.3 Å². The molecule has 19 heavy (non-hydrogen) atoms. The van der Waals surface area contributed by atoms with Crippen molar-refractivity contribution in [3.63, 3.8) is 0 Å². The Balaban J connectivity index is 2.06. The van der Waals surface area contributed by atoms with Crippen LogP contribution >= 0.6 is 0 Å². The Morgan fingerprint density at radius 1 is 1.26 bits per heavy atom. The highest BCUT2D eigenvalue weighted by Crippen LogP contribution is 2.26. The van der Waals surface area contributed by atoms with Gasteiger partial charge in [-0.15, -0.1) is 0 Å². The van der Waals surface area contributed by atoms with Crippen molar-refractivity contribution in [3.05, 3.63) is 53.1 Å². The van der Waals surface area contributed by atoms with E-state index in [1.165, 1.54) is 0 Å². The largest absolute Gasteiger partial charge is 0.373 e. The number of hydrogen-bond donors (Lipinski definition) is 0. The molecule has 0 aliphatic carbocycles. The van der Waals surface area contributed by atoms with Crippen LogP contribution in [0.1, 0.15) is 28.4 Å². The Hall–Kier alpha value is -2.63. The van der Waals surface area contributed by atoms with Gasteiger partial charge in [0, 0.05) is 0 Å². The summed E-state index contributed by atoms with van der Waals surface area (Å²) in [5.74, 6) is 0. The van der Waals surface area contributed by atoms with E-state index in [4.69, 9.17) is 15.3 Å². The van der Waals surface area contributed by atoms with Gasteiger partial charge in [0.1, 0.15) is 12.1 Å². The highest BCUT2D eigenvalue weighted by Gasteiger charge is 2.22. The predicted octanol–water partition coefficient (Wildman–Crippen LogP) is 1.75. The van der Waals surface area contributed by atoms with Crippen molar-refractivity contribution in [1.82, 2.24) is 9.55 Å². The van der Waals surface area contributed by atoms with Crippen LogP contribution in [0.2, 0.25) is 0 Å². The Morgan fingerprint density at radius 3 is 2.89 bits per heavy atom. The molecule has 2 heterocycles. The van der Waals surface area contributed by atoms with Gasteiger partial charge < -0.3 is 9.30 Å². The lowest BCUT2D eigenvalue weighted by atomic mass is 10.00. The summed E-state index contributed by atoms with van der Waals surface area (Å²) in [7, 11) is 0. The van der Waals surface area contributed by atoms with E-state index in [1.807, 2.05) is 16.7 Å². The second-order valence-electron chi connectivity index (χ2n) is 4.35. The van der Waals surface area contributed by atoms with Gasteiger partial charge in [-0.25, -0.2) is 4.98 Å². The fourth-order valence-corrected chi connectivity index (χ4v) is 2.30. The van der Waals surface area contributed by atoms with Crippen LogP contribution < -0.4 is 0 Å². The molecule has 0 radical (unpaired) electrons. The average molecular weight is 250 g/mol. The third-order valence-corrected chi connectivity index (χ3v) is 3.28. The SMILES string of the molecule is N#Cc1ccc(C2COCc3cncn32)cc1C#N. The van der Waals surface area contributed by atoms with E-state index < -0.39 is 0 Å². The molecule has 1 aromatic heterocycles. The van der Waals surface area contributed by atoms with Gasteiger partial charge in [0.2, 0.25) is 0 Å².